The first-order chi connectivity index (χ1) is 20.7. The van der Waals surface area contributed by atoms with Crippen LogP contribution >= 0.6 is 0 Å². The third kappa shape index (κ3) is 8.35. The van der Waals surface area contributed by atoms with E-state index in [0.717, 1.165) is 22.3 Å². The van der Waals surface area contributed by atoms with Gasteiger partial charge >= 0.3 is 0 Å². The summed E-state index contributed by atoms with van der Waals surface area (Å²) in [5.74, 6) is 0. The summed E-state index contributed by atoms with van der Waals surface area (Å²) in [5.41, 5.74) is 4.09. The highest BCUT2D eigenvalue weighted by molar-refractivity contribution is 5.16. The Hall–Kier alpha value is -3.36. The van der Waals surface area contributed by atoms with Crippen LogP contribution in [0.3, 0.4) is 0 Å². The Balaban J connectivity index is 1.45. The summed E-state index contributed by atoms with van der Waals surface area (Å²) < 4.78 is 32.7. The molecule has 42 heavy (non-hydrogen) atoms. The van der Waals surface area contributed by atoms with Gasteiger partial charge in [-0.05, 0) is 28.7 Å². The van der Waals surface area contributed by atoms with Gasteiger partial charge in [-0.1, -0.05) is 128 Å². The number of benzene rings is 4. The summed E-state index contributed by atoms with van der Waals surface area (Å²) in [6.07, 6.45) is -3.60. The van der Waals surface area contributed by atoms with Gasteiger partial charge in [0.1, 0.15) is 24.4 Å². The van der Waals surface area contributed by atoms with Crippen LogP contribution in [0.4, 0.5) is 0 Å². The number of aliphatic hydroxyl groups excluding tert-OH is 1. The Labute approximate surface area is 248 Å². The Morgan fingerprint density at radius 1 is 0.524 bits per heavy atom. The van der Waals surface area contributed by atoms with E-state index in [0.29, 0.717) is 32.8 Å². The van der Waals surface area contributed by atoms with E-state index in [-0.39, 0.29) is 0 Å². The largest absolute Gasteiger partial charge is 0.390 e. The van der Waals surface area contributed by atoms with E-state index in [1.54, 1.807) is 0 Å². The Morgan fingerprint density at radius 3 is 1.29 bits per heavy atom. The van der Waals surface area contributed by atoms with E-state index in [1.165, 1.54) is 0 Å². The molecule has 0 aliphatic carbocycles. The second kappa shape index (κ2) is 15.8. The molecule has 0 saturated carbocycles. The molecule has 1 aliphatic heterocycles. The molecule has 4 aromatic rings. The van der Waals surface area contributed by atoms with Crippen molar-refractivity contribution in [1.29, 1.82) is 0 Å². The van der Waals surface area contributed by atoms with Crippen LogP contribution in [0.2, 0.25) is 0 Å². The second-order valence-electron chi connectivity index (χ2n) is 10.5. The van der Waals surface area contributed by atoms with Crippen molar-refractivity contribution in [2.45, 2.75) is 76.6 Å². The highest BCUT2D eigenvalue weighted by atomic mass is 16.7. The molecule has 1 heterocycles. The molecular formula is C36H40O6. The van der Waals surface area contributed by atoms with Gasteiger partial charge in [0.05, 0.1) is 32.5 Å². The van der Waals surface area contributed by atoms with Gasteiger partial charge in [-0.15, -0.1) is 0 Å². The predicted molar refractivity (Wildman–Crippen MR) is 161 cm³/mol. The van der Waals surface area contributed by atoms with E-state index in [4.69, 9.17) is 23.7 Å². The summed E-state index contributed by atoms with van der Waals surface area (Å²) in [4.78, 5) is 0. The lowest BCUT2D eigenvalue weighted by molar-refractivity contribution is -0.336. The maximum Gasteiger partial charge on any atom is 0.187 e. The predicted octanol–water partition coefficient (Wildman–Crippen LogP) is 6.46. The Bertz CT molecular complexity index is 1290. The Kier molecular flexibility index (Phi) is 11.3. The monoisotopic (exact) mass is 568 g/mol. The minimum Gasteiger partial charge on any atom is -0.390 e. The molecular weight excluding hydrogens is 528 g/mol. The van der Waals surface area contributed by atoms with E-state index in [2.05, 4.69) is 0 Å². The van der Waals surface area contributed by atoms with Crippen molar-refractivity contribution in [2.75, 3.05) is 0 Å². The molecule has 6 nitrogen and oxygen atoms in total. The first-order valence-electron chi connectivity index (χ1n) is 14.7. The summed E-state index contributed by atoms with van der Waals surface area (Å²) in [5, 5.41) is 11.2. The average molecular weight is 569 g/mol. The molecule has 1 saturated heterocycles. The minimum atomic E-state index is -0.794. The highest BCUT2D eigenvalue weighted by Crippen LogP contribution is 2.33. The molecule has 0 unspecified atom stereocenters. The second-order valence-corrected chi connectivity index (χ2v) is 10.5. The van der Waals surface area contributed by atoms with Crippen LogP contribution in [0.25, 0.3) is 0 Å². The number of rotatable bonds is 14. The van der Waals surface area contributed by atoms with Crippen molar-refractivity contribution < 1.29 is 28.8 Å². The standard InChI is InChI=1S/C36H40O6/c1-2-31(37)32-33(38-23-27-15-7-3-8-16-27)34(39-24-28-17-9-4-10-18-28)35(40-25-29-19-11-5-12-20-29)36(42-32)41-26-30-21-13-6-14-22-30/h3-22,31-37H,2,23-26H2,1H3/t31-,32+,33-,34-,35-,36-/m0/s1. The topological polar surface area (TPSA) is 66.4 Å². The molecule has 6 heteroatoms. The lowest BCUT2D eigenvalue weighted by Gasteiger charge is -2.47. The van der Waals surface area contributed by atoms with Crippen LogP contribution in [-0.4, -0.2) is 41.9 Å². The fourth-order valence-electron chi connectivity index (χ4n) is 5.12. The molecule has 4 aromatic carbocycles. The van der Waals surface area contributed by atoms with Crippen LogP contribution in [0, 0.1) is 0 Å². The molecule has 1 N–H and O–H groups in total. The molecule has 0 amide bonds. The highest BCUT2D eigenvalue weighted by Gasteiger charge is 2.50. The molecule has 1 aliphatic rings. The molecule has 0 radical (unpaired) electrons. The molecule has 0 spiro atoms. The van der Waals surface area contributed by atoms with E-state index in [9.17, 15) is 5.11 Å². The first kappa shape index (κ1) is 30.1. The van der Waals surface area contributed by atoms with Gasteiger partial charge in [0, 0.05) is 0 Å². The van der Waals surface area contributed by atoms with Crippen molar-refractivity contribution in [1.82, 2.24) is 0 Å². The summed E-state index contributed by atoms with van der Waals surface area (Å²) >= 11 is 0. The summed E-state index contributed by atoms with van der Waals surface area (Å²) in [6, 6.07) is 40.0. The fraction of sp³-hybridized carbons (Fsp3) is 0.333. The maximum atomic E-state index is 11.2. The van der Waals surface area contributed by atoms with Gasteiger partial charge in [0.15, 0.2) is 6.29 Å². The molecule has 1 fully saturated rings. The molecule has 6 atom stereocenters. The molecule has 220 valence electrons. The normalized spacial score (nSPS) is 23.0. The summed E-state index contributed by atoms with van der Waals surface area (Å²) in [7, 11) is 0. The maximum absolute atomic E-state index is 11.2. The van der Waals surface area contributed by atoms with Crippen molar-refractivity contribution >= 4 is 0 Å². The third-order valence-electron chi connectivity index (χ3n) is 7.44. The average Bonchev–Trinajstić information content (AvgIpc) is 3.06. The Morgan fingerprint density at radius 2 is 0.881 bits per heavy atom. The number of hydrogen-bond acceptors (Lipinski definition) is 6. The third-order valence-corrected chi connectivity index (χ3v) is 7.44. The zero-order valence-corrected chi connectivity index (χ0v) is 24.0. The lowest BCUT2D eigenvalue weighted by Crippen LogP contribution is -2.63. The van der Waals surface area contributed by atoms with Gasteiger partial charge < -0.3 is 28.8 Å². The number of aliphatic hydroxyl groups is 1. The van der Waals surface area contributed by atoms with Crippen molar-refractivity contribution in [3.8, 4) is 0 Å². The van der Waals surface area contributed by atoms with E-state index < -0.39 is 36.8 Å². The first-order valence-corrected chi connectivity index (χ1v) is 14.7. The fourth-order valence-corrected chi connectivity index (χ4v) is 5.12. The smallest absolute Gasteiger partial charge is 0.187 e. The van der Waals surface area contributed by atoms with Gasteiger partial charge in [-0.2, -0.15) is 0 Å². The SMILES string of the molecule is CC[C@H](O)[C@H]1O[C@H](OCc2ccccc2)[C@@H](OCc2ccccc2)[C@@H](OCc2ccccc2)[C@H]1OCc1ccccc1. The van der Waals surface area contributed by atoms with E-state index in [1.807, 2.05) is 128 Å². The van der Waals surface area contributed by atoms with Crippen molar-refractivity contribution in [2.24, 2.45) is 0 Å². The van der Waals surface area contributed by atoms with Gasteiger partial charge in [-0.25, -0.2) is 0 Å². The minimum absolute atomic E-state index is 0.326. The quantitative estimate of drug-likeness (QED) is 0.189. The van der Waals surface area contributed by atoms with Crippen LogP contribution < -0.4 is 0 Å². The molecule has 0 aromatic heterocycles. The summed E-state index contributed by atoms with van der Waals surface area (Å²) in [6.45, 7) is 3.29. The van der Waals surface area contributed by atoms with Crippen LogP contribution in [0.5, 0.6) is 0 Å². The van der Waals surface area contributed by atoms with Crippen LogP contribution in [-0.2, 0) is 50.1 Å². The number of hydrogen-bond donors (Lipinski definition) is 1. The molecule has 0 bridgehead atoms. The van der Waals surface area contributed by atoms with Gasteiger partial charge in [-0.3, -0.25) is 0 Å². The number of ether oxygens (including phenoxy) is 5. The van der Waals surface area contributed by atoms with E-state index >= 15 is 0 Å². The van der Waals surface area contributed by atoms with Crippen LogP contribution in [0.15, 0.2) is 121 Å². The van der Waals surface area contributed by atoms with Gasteiger partial charge in [0.2, 0.25) is 0 Å². The lowest BCUT2D eigenvalue weighted by atomic mass is 9.93. The zero-order valence-electron chi connectivity index (χ0n) is 24.0. The van der Waals surface area contributed by atoms with Crippen LogP contribution in [0.1, 0.15) is 35.6 Å². The molecule has 5 rings (SSSR count). The zero-order chi connectivity index (χ0) is 29.0. The van der Waals surface area contributed by atoms with Gasteiger partial charge in [0.25, 0.3) is 0 Å². The van der Waals surface area contributed by atoms with Crippen molar-refractivity contribution in [3.63, 3.8) is 0 Å². The van der Waals surface area contributed by atoms with Crippen molar-refractivity contribution in [3.05, 3.63) is 144 Å².